The van der Waals surface area contributed by atoms with E-state index < -0.39 is 0 Å². The van der Waals surface area contributed by atoms with Gasteiger partial charge in [0.1, 0.15) is 0 Å². The van der Waals surface area contributed by atoms with Crippen molar-refractivity contribution in [3.8, 4) is 0 Å². The molecule has 0 radical (unpaired) electrons. The SMILES string of the molecule is CCNC(CC(C)CC)C1(C)CCCC1. The molecule has 1 fully saturated rings. The normalized spacial score (nSPS) is 24.0. The first-order valence-electron chi connectivity index (χ1n) is 6.85. The Morgan fingerprint density at radius 2 is 1.80 bits per heavy atom. The number of nitrogens with one attached hydrogen (secondary N) is 1. The quantitative estimate of drug-likeness (QED) is 0.700. The molecule has 1 saturated carbocycles. The van der Waals surface area contributed by atoms with Gasteiger partial charge in [0.05, 0.1) is 0 Å². The van der Waals surface area contributed by atoms with Gasteiger partial charge < -0.3 is 5.32 Å². The Balaban J connectivity index is 2.55. The van der Waals surface area contributed by atoms with Gasteiger partial charge in [-0.05, 0) is 37.1 Å². The average Bonchev–Trinajstić information content (AvgIpc) is 2.65. The van der Waals surface area contributed by atoms with E-state index in [1.807, 2.05) is 0 Å². The maximum absolute atomic E-state index is 3.73. The van der Waals surface area contributed by atoms with Crippen molar-refractivity contribution >= 4 is 0 Å². The summed E-state index contributed by atoms with van der Waals surface area (Å²) in [6.45, 7) is 10.6. The zero-order valence-electron chi connectivity index (χ0n) is 11.1. The summed E-state index contributed by atoms with van der Waals surface area (Å²) in [6.07, 6.45) is 8.43. The fourth-order valence-electron chi connectivity index (χ4n) is 2.96. The van der Waals surface area contributed by atoms with E-state index in [9.17, 15) is 0 Å². The molecule has 0 bridgehead atoms. The maximum atomic E-state index is 3.73. The second-order valence-electron chi connectivity index (χ2n) is 5.72. The second kappa shape index (κ2) is 5.89. The molecule has 0 heterocycles. The van der Waals surface area contributed by atoms with Crippen LogP contribution in [0.1, 0.15) is 66.2 Å². The summed E-state index contributed by atoms with van der Waals surface area (Å²) in [5.74, 6) is 0.867. The smallest absolute Gasteiger partial charge is 0.0123 e. The molecule has 90 valence electrons. The van der Waals surface area contributed by atoms with Crippen LogP contribution in [-0.4, -0.2) is 12.6 Å². The number of rotatable bonds is 6. The van der Waals surface area contributed by atoms with Crippen LogP contribution in [0.25, 0.3) is 0 Å². The summed E-state index contributed by atoms with van der Waals surface area (Å²) in [6, 6.07) is 0.750. The van der Waals surface area contributed by atoms with Gasteiger partial charge in [-0.2, -0.15) is 0 Å². The van der Waals surface area contributed by atoms with E-state index in [1.165, 1.54) is 38.5 Å². The van der Waals surface area contributed by atoms with Gasteiger partial charge in [-0.3, -0.25) is 0 Å². The van der Waals surface area contributed by atoms with Crippen molar-refractivity contribution in [3.63, 3.8) is 0 Å². The molecule has 0 aromatic rings. The standard InChI is InChI=1S/C14H29N/c1-5-12(3)11-13(15-6-2)14(4)9-7-8-10-14/h12-13,15H,5-11H2,1-4H3. The Bertz CT molecular complexity index is 170. The molecule has 1 rings (SSSR count). The maximum Gasteiger partial charge on any atom is 0.0123 e. The highest BCUT2D eigenvalue weighted by molar-refractivity contribution is 4.91. The van der Waals surface area contributed by atoms with Crippen LogP contribution in [0.3, 0.4) is 0 Å². The Kier molecular flexibility index (Phi) is 5.11. The molecule has 15 heavy (non-hydrogen) atoms. The summed E-state index contributed by atoms with van der Waals surface area (Å²) in [5.41, 5.74) is 0.583. The molecule has 0 saturated heterocycles. The topological polar surface area (TPSA) is 12.0 Å². The van der Waals surface area contributed by atoms with Gasteiger partial charge in [0.25, 0.3) is 0 Å². The first kappa shape index (κ1) is 13.0. The van der Waals surface area contributed by atoms with E-state index in [2.05, 4.69) is 33.0 Å². The van der Waals surface area contributed by atoms with Crippen LogP contribution in [-0.2, 0) is 0 Å². The molecule has 1 heteroatoms. The van der Waals surface area contributed by atoms with Crippen LogP contribution < -0.4 is 5.32 Å². The molecule has 0 spiro atoms. The third-order valence-corrected chi connectivity index (χ3v) is 4.37. The first-order valence-corrected chi connectivity index (χ1v) is 6.85. The van der Waals surface area contributed by atoms with Crippen molar-refractivity contribution in [2.45, 2.75) is 72.3 Å². The van der Waals surface area contributed by atoms with Gasteiger partial charge in [0.15, 0.2) is 0 Å². The highest BCUT2D eigenvalue weighted by atomic mass is 14.9. The first-order chi connectivity index (χ1) is 7.12. The number of hydrogen-bond donors (Lipinski definition) is 1. The van der Waals surface area contributed by atoms with E-state index in [1.54, 1.807) is 0 Å². The Morgan fingerprint density at radius 3 is 2.27 bits per heavy atom. The summed E-state index contributed by atoms with van der Waals surface area (Å²) >= 11 is 0. The van der Waals surface area contributed by atoms with Crippen molar-refractivity contribution < 1.29 is 0 Å². The van der Waals surface area contributed by atoms with E-state index in [0.717, 1.165) is 18.5 Å². The van der Waals surface area contributed by atoms with Crippen LogP contribution in [0.2, 0.25) is 0 Å². The molecule has 0 aromatic carbocycles. The minimum Gasteiger partial charge on any atom is -0.314 e. The lowest BCUT2D eigenvalue weighted by Crippen LogP contribution is -2.43. The van der Waals surface area contributed by atoms with Gasteiger partial charge in [-0.15, -0.1) is 0 Å². The van der Waals surface area contributed by atoms with Gasteiger partial charge in [-0.25, -0.2) is 0 Å². The van der Waals surface area contributed by atoms with E-state index in [4.69, 9.17) is 0 Å². The molecule has 0 aromatic heterocycles. The monoisotopic (exact) mass is 211 g/mol. The highest BCUT2D eigenvalue weighted by Gasteiger charge is 2.36. The van der Waals surface area contributed by atoms with Gasteiger partial charge >= 0.3 is 0 Å². The largest absolute Gasteiger partial charge is 0.314 e. The fraction of sp³-hybridized carbons (Fsp3) is 1.00. The lowest BCUT2D eigenvalue weighted by atomic mass is 9.76. The van der Waals surface area contributed by atoms with Crippen molar-refractivity contribution in [1.82, 2.24) is 5.32 Å². The average molecular weight is 211 g/mol. The number of hydrogen-bond acceptors (Lipinski definition) is 1. The van der Waals surface area contributed by atoms with Crippen molar-refractivity contribution in [2.24, 2.45) is 11.3 Å². The third-order valence-electron chi connectivity index (χ3n) is 4.37. The van der Waals surface area contributed by atoms with Gasteiger partial charge in [0, 0.05) is 6.04 Å². The molecule has 0 amide bonds. The zero-order chi connectivity index (χ0) is 11.3. The molecule has 2 atom stereocenters. The van der Waals surface area contributed by atoms with E-state index in [-0.39, 0.29) is 0 Å². The second-order valence-corrected chi connectivity index (χ2v) is 5.72. The molecule has 1 aliphatic rings. The molecule has 0 aliphatic heterocycles. The predicted molar refractivity (Wildman–Crippen MR) is 68.1 cm³/mol. The van der Waals surface area contributed by atoms with Crippen LogP contribution in [0.15, 0.2) is 0 Å². The molecular formula is C14H29N. The van der Waals surface area contributed by atoms with Crippen LogP contribution >= 0.6 is 0 Å². The third kappa shape index (κ3) is 3.48. The lowest BCUT2D eigenvalue weighted by molar-refractivity contribution is 0.192. The van der Waals surface area contributed by atoms with Crippen molar-refractivity contribution in [1.29, 1.82) is 0 Å². The Hall–Kier alpha value is -0.0400. The summed E-state index contributed by atoms with van der Waals surface area (Å²) in [4.78, 5) is 0. The molecule has 1 nitrogen and oxygen atoms in total. The fourth-order valence-corrected chi connectivity index (χ4v) is 2.96. The molecule has 2 unspecified atom stereocenters. The van der Waals surface area contributed by atoms with Crippen LogP contribution in [0.4, 0.5) is 0 Å². The Morgan fingerprint density at radius 1 is 1.20 bits per heavy atom. The highest BCUT2D eigenvalue weighted by Crippen LogP contribution is 2.42. The zero-order valence-corrected chi connectivity index (χ0v) is 11.1. The summed E-state index contributed by atoms with van der Waals surface area (Å²) in [5, 5.41) is 3.73. The van der Waals surface area contributed by atoms with Crippen LogP contribution in [0, 0.1) is 11.3 Å². The van der Waals surface area contributed by atoms with Crippen molar-refractivity contribution in [2.75, 3.05) is 6.54 Å². The minimum atomic E-state index is 0.583. The Labute approximate surface area is 96.0 Å². The molecular weight excluding hydrogens is 182 g/mol. The van der Waals surface area contributed by atoms with E-state index >= 15 is 0 Å². The van der Waals surface area contributed by atoms with Crippen LogP contribution in [0.5, 0.6) is 0 Å². The summed E-state index contributed by atoms with van der Waals surface area (Å²) < 4.78 is 0. The molecule has 1 aliphatic carbocycles. The van der Waals surface area contributed by atoms with E-state index in [0.29, 0.717) is 5.41 Å². The lowest BCUT2D eigenvalue weighted by Gasteiger charge is -2.36. The summed E-state index contributed by atoms with van der Waals surface area (Å²) in [7, 11) is 0. The van der Waals surface area contributed by atoms with Gasteiger partial charge in [-0.1, -0.05) is 47.0 Å². The molecule has 1 N–H and O–H groups in total. The minimum absolute atomic E-state index is 0.583. The van der Waals surface area contributed by atoms with Crippen molar-refractivity contribution in [3.05, 3.63) is 0 Å². The predicted octanol–water partition coefficient (Wildman–Crippen LogP) is 3.98. The van der Waals surface area contributed by atoms with Gasteiger partial charge in [0.2, 0.25) is 0 Å².